The van der Waals surface area contributed by atoms with Crippen LogP contribution in [0, 0.1) is 0 Å². The third kappa shape index (κ3) is 5.73. The molecule has 3 rings (SSSR count). The molecule has 0 bridgehead atoms. The molecule has 0 atom stereocenters. The van der Waals surface area contributed by atoms with Crippen molar-refractivity contribution < 1.29 is 9.47 Å². The molecule has 1 fully saturated rings. The molecule has 4 heteroatoms. The van der Waals surface area contributed by atoms with Gasteiger partial charge >= 0.3 is 0 Å². The quantitative estimate of drug-likeness (QED) is 0.646. The lowest BCUT2D eigenvalue weighted by molar-refractivity contribution is 0.203. The van der Waals surface area contributed by atoms with Gasteiger partial charge in [0.2, 0.25) is 0 Å². The van der Waals surface area contributed by atoms with Crippen molar-refractivity contribution in [1.82, 2.24) is 4.90 Å². The lowest BCUT2D eigenvalue weighted by atomic mass is 10.1. The second kappa shape index (κ2) is 10.2. The molecule has 0 saturated carbocycles. The van der Waals surface area contributed by atoms with Crippen LogP contribution >= 0.6 is 12.4 Å². The van der Waals surface area contributed by atoms with Gasteiger partial charge in [-0.3, -0.25) is 0 Å². The Morgan fingerprint density at radius 1 is 0.792 bits per heavy atom. The Bertz CT molecular complexity index is 585. The summed E-state index contributed by atoms with van der Waals surface area (Å²) in [4.78, 5) is 2.54. The van der Waals surface area contributed by atoms with Gasteiger partial charge in [-0.05, 0) is 56.6 Å². The fraction of sp³-hybridized carbons (Fsp3) is 0.400. The molecule has 2 aromatic rings. The first-order valence-electron chi connectivity index (χ1n) is 8.59. The highest BCUT2D eigenvalue weighted by Gasteiger charge is 2.10. The largest absolute Gasteiger partial charge is 0.490 e. The number of hydrogen-bond acceptors (Lipinski definition) is 3. The van der Waals surface area contributed by atoms with E-state index in [9.17, 15) is 0 Å². The maximum atomic E-state index is 5.95. The first kappa shape index (κ1) is 18.6. The summed E-state index contributed by atoms with van der Waals surface area (Å²) >= 11 is 0. The molecule has 1 aliphatic rings. The van der Waals surface area contributed by atoms with Crippen molar-refractivity contribution >= 4 is 12.4 Å². The van der Waals surface area contributed by atoms with Crippen LogP contribution < -0.4 is 9.47 Å². The second-order valence-corrected chi connectivity index (χ2v) is 5.97. The number of para-hydroxylation sites is 3. The fourth-order valence-electron chi connectivity index (χ4n) is 2.92. The van der Waals surface area contributed by atoms with Crippen LogP contribution in [0.4, 0.5) is 0 Å². The summed E-state index contributed by atoms with van der Waals surface area (Å²) in [5.41, 5.74) is 0. The molecule has 0 N–H and O–H groups in total. The lowest BCUT2D eigenvalue weighted by Gasteiger charge is -2.26. The van der Waals surface area contributed by atoms with E-state index >= 15 is 0 Å². The monoisotopic (exact) mass is 347 g/mol. The minimum absolute atomic E-state index is 0. The van der Waals surface area contributed by atoms with E-state index in [0.29, 0.717) is 0 Å². The van der Waals surface area contributed by atoms with Gasteiger partial charge in [0.1, 0.15) is 5.75 Å². The summed E-state index contributed by atoms with van der Waals surface area (Å²) in [5, 5.41) is 0. The third-order valence-electron chi connectivity index (χ3n) is 4.15. The molecule has 0 aromatic heterocycles. The van der Waals surface area contributed by atoms with Gasteiger partial charge in [-0.1, -0.05) is 36.8 Å². The topological polar surface area (TPSA) is 21.7 Å². The van der Waals surface area contributed by atoms with E-state index in [-0.39, 0.29) is 12.4 Å². The first-order valence-corrected chi connectivity index (χ1v) is 8.59. The number of benzene rings is 2. The number of likely N-dealkylation sites (tertiary alicyclic amines) is 1. The van der Waals surface area contributed by atoms with Gasteiger partial charge in [0.15, 0.2) is 11.5 Å². The van der Waals surface area contributed by atoms with Gasteiger partial charge in [0.05, 0.1) is 6.61 Å². The first-order chi connectivity index (χ1) is 11.4. The molecule has 2 aromatic carbocycles. The van der Waals surface area contributed by atoms with Crippen molar-refractivity contribution in [3.05, 3.63) is 54.6 Å². The molecule has 1 heterocycles. The van der Waals surface area contributed by atoms with E-state index in [1.54, 1.807) is 0 Å². The molecule has 0 aliphatic carbocycles. The average molecular weight is 348 g/mol. The zero-order chi connectivity index (χ0) is 15.7. The number of nitrogens with zero attached hydrogens (tertiary/aromatic N) is 1. The van der Waals surface area contributed by atoms with Crippen molar-refractivity contribution in [2.45, 2.75) is 25.7 Å². The zero-order valence-electron chi connectivity index (χ0n) is 14.0. The predicted molar refractivity (Wildman–Crippen MR) is 101 cm³/mol. The molecule has 1 aliphatic heterocycles. The minimum atomic E-state index is 0. The number of piperidine rings is 1. The summed E-state index contributed by atoms with van der Waals surface area (Å²) in [6.07, 6.45) is 5.13. The predicted octanol–water partition coefficient (Wildman–Crippen LogP) is 5.16. The molecule has 3 nitrogen and oxygen atoms in total. The van der Waals surface area contributed by atoms with Crippen molar-refractivity contribution in [2.75, 3.05) is 26.2 Å². The Morgan fingerprint density at radius 2 is 1.46 bits per heavy atom. The van der Waals surface area contributed by atoms with Gasteiger partial charge in [-0.2, -0.15) is 0 Å². The Hall–Kier alpha value is -1.71. The van der Waals surface area contributed by atoms with Crippen LogP contribution in [-0.2, 0) is 0 Å². The number of ether oxygens (including phenoxy) is 2. The highest BCUT2D eigenvalue weighted by atomic mass is 35.5. The summed E-state index contributed by atoms with van der Waals surface area (Å²) in [6, 6.07) is 17.7. The van der Waals surface area contributed by atoms with E-state index in [0.717, 1.165) is 36.8 Å². The van der Waals surface area contributed by atoms with Gasteiger partial charge in [-0.15, -0.1) is 12.4 Å². The van der Waals surface area contributed by atoms with Crippen LogP contribution in [0.15, 0.2) is 54.6 Å². The minimum Gasteiger partial charge on any atom is -0.490 e. The van der Waals surface area contributed by atoms with E-state index in [1.165, 1.54) is 32.4 Å². The van der Waals surface area contributed by atoms with Crippen LogP contribution in [0.3, 0.4) is 0 Å². The standard InChI is InChI=1S/C20H25NO2.ClH/c1-3-10-18(11-4-1)23-20-13-6-5-12-19(20)22-17-9-16-21-14-7-2-8-15-21;/h1,3-6,10-13H,2,7-9,14-17H2;1H. The summed E-state index contributed by atoms with van der Waals surface area (Å²) in [5.74, 6) is 2.42. The van der Waals surface area contributed by atoms with Gasteiger partial charge in [0, 0.05) is 6.54 Å². The summed E-state index contributed by atoms with van der Waals surface area (Å²) in [7, 11) is 0. The van der Waals surface area contributed by atoms with Crippen molar-refractivity contribution in [3.8, 4) is 17.2 Å². The van der Waals surface area contributed by atoms with Crippen LogP contribution in [0.2, 0.25) is 0 Å². The SMILES string of the molecule is Cl.c1ccc(Oc2ccccc2OCCCN2CCCCC2)cc1. The Labute approximate surface area is 151 Å². The number of rotatable bonds is 7. The Kier molecular flexibility index (Phi) is 7.93. The van der Waals surface area contributed by atoms with Gasteiger partial charge in [0.25, 0.3) is 0 Å². The Balaban J connectivity index is 0.00000208. The second-order valence-electron chi connectivity index (χ2n) is 5.97. The average Bonchev–Trinajstić information content (AvgIpc) is 2.62. The molecular weight excluding hydrogens is 322 g/mol. The molecule has 0 spiro atoms. The summed E-state index contributed by atoms with van der Waals surface area (Å²) < 4.78 is 11.9. The van der Waals surface area contributed by atoms with Crippen LogP contribution in [-0.4, -0.2) is 31.1 Å². The van der Waals surface area contributed by atoms with Crippen molar-refractivity contribution in [1.29, 1.82) is 0 Å². The van der Waals surface area contributed by atoms with E-state index < -0.39 is 0 Å². The van der Waals surface area contributed by atoms with E-state index in [4.69, 9.17) is 9.47 Å². The molecule has 24 heavy (non-hydrogen) atoms. The van der Waals surface area contributed by atoms with E-state index in [2.05, 4.69) is 4.90 Å². The number of halogens is 1. The van der Waals surface area contributed by atoms with Gasteiger partial charge < -0.3 is 14.4 Å². The van der Waals surface area contributed by atoms with Crippen LogP contribution in [0.25, 0.3) is 0 Å². The fourth-order valence-corrected chi connectivity index (χ4v) is 2.92. The molecular formula is C20H26ClNO2. The maximum absolute atomic E-state index is 5.95. The Morgan fingerprint density at radius 3 is 2.21 bits per heavy atom. The molecule has 0 unspecified atom stereocenters. The van der Waals surface area contributed by atoms with Crippen LogP contribution in [0.1, 0.15) is 25.7 Å². The van der Waals surface area contributed by atoms with Crippen LogP contribution in [0.5, 0.6) is 17.2 Å². The van der Waals surface area contributed by atoms with Crippen molar-refractivity contribution in [3.63, 3.8) is 0 Å². The van der Waals surface area contributed by atoms with E-state index in [1.807, 2.05) is 54.6 Å². The molecule has 0 amide bonds. The molecule has 0 radical (unpaired) electrons. The lowest BCUT2D eigenvalue weighted by Crippen LogP contribution is -2.31. The zero-order valence-corrected chi connectivity index (χ0v) is 14.8. The smallest absolute Gasteiger partial charge is 0.169 e. The highest BCUT2D eigenvalue weighted by Crippen LogP contribution is 2.31. The summed E-state index contributed by atoms with van der Waals surface area (Å²) in [6.45, 7) is 4.34. The molecule has 130 valence electrons. The normalized spacial score (nSPS) is 14.7. The number of hydrogen-bond donors (Lipinski definition) is 0. The van der Waals surface area contributed by atoms with Crippen molar-refractivity contribution in [2.24, 2.45) is 0 Å². The van der Waals surface area contributed by atoms with Gasteiger partial charge in [-0.25, -0.2) is 0 Å². The highest BCUT2D eigenvalue weighted by molar-refractivity contribution is 5.85. The molecule has 1 saturated heterocycles. The third-order valence-corrected chi connectivity index (χ3v) is 4.15. The maximum Gasteiger partial charge on any atom is 0.169 e.